The van der Waals surface area contributed by atoms with Crippen LogP contribution in [0.3, 0.4) is 0 Å². The Morgan fingerprint density at radius 2 is 2.13 bits per heavy atom. The molecule has 1 aromatic rings. The monoisotopic (exact) mass is 275 g/mol. The molecule has 0 saturated carbocycles. The summed E-state index contributed by atoms with van der Waals surface area (Å²) in [6.45, 7) is 0.898. The molecule has 0 saturated heterocycles. The maximum Gasteiger partial charge on any atom is 0.441 e. The van der Waals surface area contributed by atoms with Gasteiger partial charge in [-0.1, -0.05) is 11.6 Å². The highest BCUT2D eigenvalue weighted by molar-refractivity contribution is 8.00. The molecule has 0 spiro atoms. The maximum absolute atomic E-state index is 11.7. The van der Waals surface area contributed by atoms with Crippen LogP contribution in [0, 0.1) is 0 Å². The van der Waals surface area contributed by atoms with Gasteiger partial charge in [0, 0.05) is 23.7 Å². The highest BCUT2D eigenvalue weighted by atomic mass is 35.5. The predicted molar refractivity (Wildman–Crippen MR) is 59.5 cm³/mol. The highest BCUT2D eigenvalue weighted by Gasteiger charge is 2.27. The van der Waals surface area contributed by atoms with Crippen molar-refractivity contribution in [3.05, 3.63) is 21.3 Å². The molecule has 0 bridgehead atoms. The van der Waals surface area contributed by atoms with Crippen LogP contribution in [0.1, 0.15) is 4.88 Å². The minimum absolute atomic E-state index is 0.0112. The molecular formula is C8H9ClF3NS2. The highest BCUT2D eigenvalue weighted by Crippen LogP contribution is 2.29. The van der Waals surface area contributed by atoms with E-state index in [1.807, 2.05) is 6.07 Å². The van der Waals surface area contributed by atoms with Crippen LogP contribution < -0.4 is 5.32 Å². The second-order valence-corrected chi connectivity index (χ2v) is 5.64. The molecule has 0 aliphatic rings. The zero-order valence-electron chi connectivity index (χ0n) is 7.60. The quantitative estimate of drug-likeness (QED) is 0.822. The first-order valence-electron chi connectivity index (χ1n) is 4.13. The Kier molecular flexibility index (Phi) is 5.25. The molecule has 15 heavy (non-hydrogen) atoms. The van der Waals surface area contributed by atoms with E-state index in [1.165, 1.54) is 11.3 Å². The van der Waals surface area contributed by atoms with Gasteiger partial charge in [0.1, 0.15) is 0 Å². The van der Waals surface area contributed by atoms with E-state index in [4.69, 9.17) is 11.6 Å². The third-order valence-corrected chi connectivity index (χ3v) is 3.44. The van der Waals surface area contributed by atoms with Crippen LogP contribution in [-0.4, -0.2) is 17.8 Å². The van der Waals surface area contributed by atoms with E-state index in [9.17, 15) is 13.2 Å². The average Bonchev–Trinajstić information content (AvgIpc) is 2.49. The van der Waals surface area contributed by atoms with Gasteiger partial charge in [-0.3, -0.25) is 0 Å². The standard InChI is InChI=1S/C8H9ClF3NS2/c9-7-2-1-6(15-7)5-13-3-4-14-8(10,11)12/h1-2,13H,3-5H2. The summed E-state index contributed by atoms with van der Waals surface area (Å²) in [5, 5.41) is 2.92. The lowest BCUT2D eigenvalue weighted by molar-refractivity contribution is -0.0327. The third kappa shape index (κ3) is 6.29. The molecule has 0 aliphatic carbocycles. The SMILES string of the molecule is FC(F)(F)SCCNCc1ccc(Cl)s1. The Morgan fingerprint density at radius 3 is 2.67 bits per heavy atom. The van der Waals surface area contributed by atoms with Crippen molar-refractivity contribution in [2.45, 2.75) is 12.1 Å². The minimum Gasteiger partial charge on any atom is -0.311 e. The molecule has 0 aromatic carbocycles. The van der Waals surface area contributed by atoms with Gasteiger partial charge in [0.25, 0.3) is 0 Å². The Morgan fingerprint density at radius 1 is 1.40 bits per heavy atom. The first kappa shape index (κ1) is 13.2. The fourth-order valence-corrected chi connectivity index (χ4v) is 2.43. The van der Waals surface area contributed by atoms with Gasteiger partial charge in [-0.05, 0) is 23.9 Å². The largest absolute Gasteiger partial charge is 0.441 e. The number of rotatable bonds is 5. The number of hydrogen-bond acceptors (Lipinski definition) is 3. The van der Waals surface area contributed by atoms with Gasteiger partial charge in [0.2, 0.25) is 0 Å². The van der Waals surface area contributed by atoms with Crippen LogP contribution in [0.4, 0.5) is 13.2 Å². The van der Waals surface area contributed by atoms with Crippen LogP contribution in [0.2, 0.25) is 4.34 Å². The van der Waals surface area contributed by atoms with Crippen LogP contribution in [0.15, 0.2) is 12.1 Å². The lowest BCUT2D eigenvalue weighted by atomic mass is 10.4. The summed E-state index contributed by atoms with van der Waals surface area (Å²) < 4.78 is 35.9. The van der Waals surface area contributed by atoms with E-state index in [0.29, 0.717) is 17.4 Å². The Bertz CT molecular complexity index is 300. The zero-order valence-corrected chi connectivity index (χ0v) is 9.99. The lowest BCUT2D eigenvalue weighted by Gasteiger charge is -2.05. The summed E-state index contributed by atoms with van der Waals surface area (Å²) in [7, 11) is 0. The third-order valence-electron chi connectivity index (χ3n) is 1.47. The summed E-state index contributed by atoms with van der Waals surface area (Å²) in [5.74, 6) is 0.0304. The van der Waals surface area contributed by atoms with Crippen molar-refractivity contribution in [2.75, 3.05) is 12.3 Å². The summed E-state index contributed by atoms with van der Waals surface area (Å²) in [5.41, 5.74) is -4.13. The van der Waals surface area contributed by atoms with Gasteiger partial charge in [0.15, 0.2) is 0 Å². The molecule has 1 heterocycles. The van der Waals surface area contributed by atoms with Gasteiger partial charge in [-0.2, -0.15) is 13.2 Å². The first-order chi connectivity index (χ1) is 6.97. The Hall–Kier alpha value is 0.0900. The van der Waals surface area contributed by atoms with Gasteiger partial charge in [0.05, 0.1) is 4.34 Å². The van der Waals surface area contributed by atoms with Gasteiger partial charge in [-0.25, -0.2) is 0 Å². The Labute approximate surface area is 99.0 Å². The Balaban J connectivity index is 2.07. The fraction of sp³-hybridized carbons (Fsp3) is 0.500. The van der Waals surface area contributed by atoms with Gasteiger partial charge >= 0.3 is 5.51 Å². The van der Waals surface area contributed by atoms with Gasteiger partial charge < -0.3 is 5.32 Å². The molecule has 0 atom stereocenters. The maximum atomic E-state index is 11.7. The number of halogens is 4. The molecule has 0 amide bonds. The molecule has 0 radical (unpaired) electrons. The van der Waals surface area contributed by atoms with Crippen LogP contribution in [0.25, 0.3) is 0 Å². The van der Waals surface area contributed by atoms with Crippen molar-refractivity contribution in [2.24, 2.45) is 0 Å². The molecule has 0 aliphatic heterocycles. The van der Waals surface area contributed by atoms with E-state index in [2.05, 4.69) is 5.32 Å². The second-order valence-electron chi connectivity index (χ2n) is 2.68. The van der Waals surface area contributed by atoms with Crippen LogP contribution in [0.5, 0.6) is 0 Å². The molecule has 1 rings (SSSR count). The van der Waals surface area contributed by atoms with E-state index in [1.54, 1.807) is 6.07 Å². The smallest absolute Gasteiger partial charge is 0.311 e. The van der Waals surface area contributed by atoms with Gasteiger partial charge in [-0.15, -0.1) is 11.3 Å². The summed E-state index contributed by atoms with van der Waals surface area (Å²) >= 11 is 7.11. The second kappa shape index (κ2) is 5.98. The molecule has 0 fully saturated rings. The summed E-state index contributed by atoms with van der Waals surface area (Å²) in [6.07, 6.45) is 0. The normalized spacial score (nSPS) is 12.0. The predicted octanol–water partition coefficient (Wildman–Crippen LogP) is 3.74. The van der Waals surface area contributed by atoms with Crippen molar-refractivity contribution in [3.63, 3.8) is 0 Å². The van der Waals surface area contributed by atoms with Crippen LogP contribution in [-0.2, 0) is 6.54 Å². The number of alkyl halides is 3. The van der Waals surface area contributed by atoms with Crippen LogP contribution >= 0.6 is 34.7 Å². The van der Waals surface area contributed by atoms with E-state index in [-0.39, 0.29) is 17.5 Å². The van der Waals surface area contributed by atoms with E-state index >= 15 is 0 Å². The summed E-state index contributed by atoms with van der Waals surface area (Å²) in [4.78, 5) is 1.03. The number of hydrogen-bond donors (Lipinski definition) is 1. The van der Waals surface area contributed by atoms with Crippen molar-refractivity contribution in [1.29, 1.82) is 0 Å². The molecule has 86 valence electrons. The molecule has 7 heteroatoms. The average molecular weight is 276 g/mol. The van der Waals surface area contributed by atoms with Crippen molar-refractivity contribution in [1.82, 2.24) is 5.32 Å². The van der Waals surface area contributed by atoms with Crippen molar-refractivity contribution >= 4 is 34.7 Å². The number of thioether (sulfide) groups is 1. The topological polar surface area (TPSA) is 12.0 Å². The van der Waals surface area contributed by atoms with E-state index in [0.717, 1.165) is 4.88 Å². The lowest BCUT2D eigenvalue weighted by Crippen LogP contribution is -2.17. The first-order valence-corrected chi connectivity index (χ1v) is 6.31. The number of nitrogens with one attached hydrogen (secondary N) is 1. The number of thiophene rings is 1. The van der Waals surface area contributed by atoms with Crippen molar-refractivity contribution in [3.8, 4) is 0 Å². The van der Waals surface area contributed by atoms with E-state index < -0.39 is 5.51 Å². The van der Waals surface area contributed by atoms with Crippen molar-refractivity contribution < 1.29 is 13.2 Å². The fourth-order valence-electron chi connectivity index (χ4n) is 0.897. The molecule has 1 N–H and O–H groups in total. The molecule has 0 unspecified atom stereocenters. The summed E-state index contributed by atoms with van der Waals surface area (Å²) in [6, 6.07) is 3.63. The zero-order chi connectivity index (χ0) is 11.3. The molecule has 1 aromatic heterocycles. The minimum atomic E-state index is -4.13. The molecular weight excluding hydrogens is 267 g/mol. The molecule has 1 nitrogen and oxygen atoms in total.